The molecule has 0 N–H and O–H groups in total. The first-order valence-electron chi connectivity index (χ1n) is 4.93. The van der Waals surface area contributed by atoms with Gasteiger partial charge in [0.25, 0.3) is 0 Å². The number of hydrogen-bond donors (Lipinski definition) is 0. The molecule has 2 nitrogen and oxygen atoms in total. The van der Waals surface area contributed by atoms with Gasteiger partial charge in [-0.25, -0.2) is 0 Å². The third-order valence-corrected chi connectivity index (χ3v) is 2.46. The lowest BCUT2D eigenvalue weighted by atomic mass is 9.99. The van der Waals surface area contributed by atoms with E-state index in [0.29, 0.717) is 12.2 Å². The zero-order chi connectivity index (χ0) is 11.4. The highest BCUT2D eigenvalue weighted by molar-refractivity contribution is 6.30. The summed E-state index contributed by atoms with van der Waals surface area (Å²) in [5.41, 5.74) is 2.56. The predicted octanol–water partition coefficient (Wildman–Crippen LogP) is 3.12. The Balaban J connectivity index is 3.15. The zero-order valence-corrected chi connectivity index (χ0v) is 10.0. The van der Waals surface area contributed by atoms with E-state index in [4.69, 9.17) is 16.3 Å². The van der Waals surface area contributed by atoms with Crippen LogP contribution in [0.15, 0.2) is 12.1 Å². The van der Waals surface area contributed by atoms with E-state index in [0.717, 1.165) is 16.9 Å². The molecule has 0 aliphatic heterocycles. The highest BCUT2D eigenvalue weighted by Crippen LogP contribution is 2.22. The summed E-state index contributed by atoms with van der Waals surface area (Å²) >= 11 is 5.55. The van der Waals surface area contributed by atoms with Crippen molar-refractivity contribution in [2.24, 2.45) is 0 Å². The van der Waals surface area contributed by atoms with Crippen molar-refractivity contribution in [3.63, 3.8) is 0 Å². The van der Waals surface area contributed by atoms with Gasteiger partial charge in [-0.3, -0.25) is 4.79 Å². The minimum absolute atomic E-state index is 0.0235. The van der Waals surface area contributed by atoms with Crippen molar-refractivity contribution in [1.29, 1.82) is 0 Å². The van der Waals surface area contributed by atoms with Crippen LogP contribution < -0.4 is 4.74 Å². The van der Waals surface area contributed by atoms with Crippen molar-refractivity contribution in [2.45, 2.75) is 20.8 Å². The molecule has 3 heteroatoms. The number of hydrogen-bond acceptors (Lipinski definition) is 2. The Morgan fingerprint density at radius 1 is 1.33 bits per heavy atom. The molecule has 0 spiro atoms. The number of benzene rings is 1. The average Bonchev–Trinajstić information content (AvgIpc) is 2.16. The van der Waals surface area contributed by atoms with Crippen LogP contribution in [0.4, 0.5) is 0 Å². The van der Waals surface area contributed by atoms with Crippen LogP contribution >= 0.6 is 11.6 Å². The number of Topliss-reactive ketones (excluding diaryl/α,β-unsaturated/α-hetero) is 1. The monoisotopic (exact) mass is 226 g/mol. The van der Waals surface area contributed by atoms with Gasteiger partial charge in [-0.05, 0) is 44.0 Å². The van der Waals surface area contributed by atoms with Crippen molar-refractivity contribution in [3.8, 4) is 5.75 Å². The molecule has 0 bridgehead atoms. The molecule has 1 aromatic rings. The molecule has 0 radical (unpaired) electrons. The molecular formula is C12H15ClO2. The number of alkyl halides is 1. The molecule has 1 rings (SSSR count). The Labute approximate surface area is 95.2 Å². The van der Waals surface area contributed by atoms with Gasteiger partial charge in [-0.1, -0.05) is 0 Å². The fourth-order valence-corrected chi connectivity index (χ4v) is 1.81. The van der Waals surface area contributed by atoms with Crippen molar-refractivity contribution < 1.29 is 9.53 Å². The van der Waals surface area contributed by atoms with Gasteiger partial charge < -0.3 is 4.74 Å². The second kappa shape index (κ2) is 5.17. The van der Waals surface area contributed by atoms with Crippen molar-refractivity contribution >= 4 is 17.4 Å². The fourth-order valence-electron chi connectivity index (χ4n) is 1.68. The van der Waals surface area contributed by atoms with Crippen molar-refractivity contribution in [1.82, 2.24) is 0 Å². The first-order chi connectivity index (χ1) is 7.10. The molecule has 0 saturated heterocycles. The number of carbonyl (C=O) groups is 1. The van der Waals surface area contributed by atoms with E-state index < -0.39 is 0 Å². The lowest BCUT2D eigenvalue weighted by molar-refractivity contribution is 0.102. The average molecular weight is 227 g/mol. The molecule has 15 heavy (non-hydrogen) atoms. The number of rotatable bonds is 4. The molecule has 82 valence electrons. The quantitative estimate of drug-likeness (QED) is 0.583. The summed E-state index contributed by atoms with van der Waals surface area (Å²) in [6.45, 7) is 6.36. The number of ether oxygens (including phenoxy) is 1. The minimum atomic E-state index is -0.0327. The molecule has 0 aromatic heterocycles. The number of ketones is 1. The molecule has 0 unspecified atom stereocenters. The van der Waals surface area contributed by atoms with Crippen LogP contribution in [0.5, 0.6) is 5.75 Å². The molecule has 0 fully saturated rings. The van der Waals surface area contributed by atoms with Crippen LogP contribution in [0.3, 0.4) is 0 Å². The summed E-state index contributed by atoms with van der Waals surface area (Å²) in [7, 11) is 0. The third kappa shape index (κ3) is 2.72. The van der Waals surface area contributed by atoms with Gasteiger partial charge in [-0.15, -0.1) is 11.6 Å². The molecule has 0 saturated carbocycles. The van der Waals surface area contributed by atoms with Crippen LogP contribution in [-0.2, 0) is 0 Å². The highest BCUT2D eigenvalue weighted by atomic mass is 35.5. The van der Waals surface area contributed by atoms with Crippen molar-refractivity contribution in [2.75, 3.05) is 12.5 Å². The van der Waals surface area contributed by atoms with Crippen LogP contribution in [0.1, 0.15) is 28.4 Å². The maximum absolute atomic E-state index is 11.6. The molecular weight excluding hydrogens is 212 g/mol. The first kappa shape index (κ1) is 12.1. The SMILES string of the molecule is CCOc1cc(C)c(C(=O)CCl)c(C)c1. The normalized spacial score (nSPS) is 10.1. The summed E-state index contributed by atoms with van der Waals surface area (Å²) in [6.07, 6.45) is 0. The topological polar surface area (TPSA) is 26.3 Å². The Morgan fingerprint density at radius 3 is 2.27 bits per heavy atom. The van der Waals surface area contributed by atoms with Gasteiger partial charge in [0, 0.05) is 5.56 Å². The Kier molecular flexibility index (Phi) is 4.15. The second-order valence-electron chi connectivity index (χ2n) is 3.42. The summed E-state index contributed by atoms with van der Waals surface area (Å²) < 4.78 is 5.39. The van der Waals surface area contributed by atoms with E-state index >= 15 is 0 Å². The maximum Gasteiger partial charge on any atom is 0.178 e. The summed E-state index contributed by atoms with van der Waals surface area (Å²) in [5, 5.41) is 0. The Morgan fingerprint density at radius 2 is 1.87 bits per heavy atom. The van der Waals surface area contributed by atoms with Gasteiger partial charge in [0.1, 0.15) is 5.75 Å². The molecule has 0 aliphatic carbocycles. The van der Waals surface area contributed by atoms with Gasteiger partial charge >= 0.3 is 0 Å². The number of aryl methyl sites for hydroxylation is 2. The van der Waals surface area contributed by atoms with E-state index in [1.165, 1.54) is 0 Å². The predicted molar refractivity (Wildman–Crippen MR) is 62.1 cm³/mol. The zero-order valence-electron chi connectivity index (χ0n) is 9.26. The molecule has 1 aromatic carbocycles. The van der Waals surface area contributed by atoms with Gasteiger partial charge in [0.05, 0.1) is 12.5 Å². The standard InChI is InChI=1S/C12H15ClO2/c1-4-15-10-5-8(2)12(9(3)6-10)11(14)7-13/h5-6H,4,7H2,1-3H3. The van der Waals surface area contributed by atoms with E-state index in [-0.39, 0.29) is 11.7 Å². The lowest BCUT2D eigenvalue weighted by Crippen LogP contribution is -2.06. The molecule has 0 atom stereocenters. The van der Waals surface area contributed by atoms with E-state index in [1.54, 1.807) is 0 Å². The van der Waals surface area contributed by atoms with Crippen LogP contribution in [0.2, 0.25) is 0 Å². The van der Waals surface area contributed by atoms with Crippen LogP contribution in [0, 0.1) is 13.8 Å². The van der Waals surface area contributed by atoms with E-state index in [9.17, 15) is 4.79 Å². The second-order valence-corrected chi connectivity index (χ2v) is 3.69. The smallest absolute Gasteiger partial charge is 0.178 e. The number of halogens is 1. The van der Waals surface area contributed by atoms with Crippen LogP contribution in [-0.4, -0.2) is 18.3 Å². The third-order valence-electron chi connectivity index (χ3n) is 2.22. The van der Waals surface area contributed by atoms with E-state index in [2.05, 4.69) is 0 Å². The summed E-state index contributed by atoms with van der Waals surface area (Å²) in [6, 6.07) is 3.74. The van der Waals surface area contributed by atoms with Gasteiger partial charge in [0.2, 0.25) is 0 Å². The highest BCUT2D eigenvalue weighted by Gasteiger charge is 2.12. The fraction of sp³-hybridized carbons (Fsp3) is 0.417. The van der Waals surface area contributed by atoms with Crippen molar-refractivity contribution in [3.05, 3.63) is 28.8 Å². The molecule has 0 amide bonds. The summed E-state index contributed by atoms with van der Waals surface area (Å²) in [5.74, 6) is 0.795. The van der Waals surface area contributed by atoms with Gasteiger partial charge in [0.15, 0.2) is 5.78 Å². The number of carbonyl (C=O) groups excluding carboxylic acids is 1. The Bertz CT molecular complexity index is 349. The Hall–Kier alpha value is -1.02. The molecule has 0 heterocycles. The van der Waals surface area contributed by atoms with Crippen LogP contribution in [0.25, 0.3) is 0 Å². The molecule has 0 aliphatic rings. The maximum atomic E-state index is 11.6. The summed E-state index contributed by atoms with van der Waals surface area (Å²) in [4.78, 5) is 11.6. The minimum Gasteiger partial charge on any atom is -0.494 e. The van der Waals surface area contributed by atoms with Gasteiger partial charge in [-0.2, -0.15) is 0 Å². The lowest BCUT2D eigenvalue weighted by Gasteiger charge is -2.10. The first-order valence-corrected chi connectivity index (χ1v) is 5.46. The van der Waals surface area contributed by atoms with E-state index in [1.807, 2.05) is 32.9 Å². The largest absolute Gasteiger partial charge is 0.494 e.